The first-order chi connectivity index (χ1) is 8.90. The number of nitrogens with zero attached hydrogens (tertiary/aromatic N) is 1. The lowest BCUT2D eigenvalue weighted by Crippen LogP contribution is -2.44. The van der Waals surface area contributed by atoms with Crippen molar-refractivity contribution in [2.45, 2.75) is 46.4 Å². The van der Waals surface area contributed by atoms with Crippen molar-refractivity contribution in [3.05, 3.63) is 35.4 Å². The van der Waals surface area contributed by atoms with Gasteiger partial charge in [0.1, 0.15) is 0 Å². The first kappa shape index (κ1) is 15.5. The third kappa shape index (κ3) is 6.82. The molecule has 0 aliphatic heterocycles. The standard InChI is InChI=1S/C15H25N3O/c1-5-19-11-13-8-6-12(7-9-13)10-17-14(16)18-15(2,3)4/h6-9H,5,10-11H2,1-4H3,(H3,16,17,18). The molecule has 0 radical (unpaired) electrons. The minimum atomic E-state index is -0.0606. The smallest absolute Gasteiger partial charge is 0.189 e. The van der Waals surface area contributed by atoms with Crippen LogP contribution in [-0.2, 0) is 17.9 Å². The van der Waals surface area contributed by atoms with Gasteiger partial charge in [-0.05, 0) is 38.8 Å². The average molecular weight is 263 g/mol. The molecule has 106 valence electrons. The van der Waals surface area contributed by atoms with Gasteiger partial charge in [0, 0.05) is 12.1 Å². The summed E-state index contributed by atoms with van der Waals surface area (Å²) in [6, 6.07) is 8.24. The number of nitrogens with two attached hydrogens (primary N) is 1. The van der Waals surface area contributed by atoms with E-state index in [-0.39, 0.29) is 5.54 Å². The third-order valence-corrected chi connectivity index (χ3v) is 2.43. The molecule has 1 aromatic rings. The molecular formula is C15H25N3O. The van der Waals surface area contributed by atoms with E-state index in [1.807, 2.05) is 6.92 Å². The number of aliphatic imine (C=N–C) groups is 1. The number of guanidine groups is 1. The van der Waals surface area contributed by atoms with Gasteiger partial charge < -0.3 is 15.8 Å². The number of nitrogens with one attached hydrogen (secondary N) is 1. The molecule has 4 heteroatoms. The van der Waals surface area contributed by atoms with Crippen LogP contribution in [0.3, 0.4) is 0 Å². The van der Waals surface area contributed by atoms with E-state index >= 15 is 0 Å². The molecule has 1 rings (SSSR count). The predicted molar refractivity (Wildman–Crippen MR) is 80.0 cm³/mol. The molecule has 3 N–H and O–H groups in total. The molecule has 0 heterocycles. The van der Waals surface area contributed by atoms with Gasteiger partial charge in [0.05, 0.1) is 13.2 Å². The topological polar surface area (TPSA) is 59.6 Å². The Morgan fingerprint density at radius 3 is 2.32 bits per heavy atom. The van der Waals surface area contributed by atoms with Crippen LogP contribution >= 0.6 is 0 Å². The lowest BCUT2D eigenvalue weighted by molar-refractivity contribution is 0.134. The second-order valence-corrected chi connectivity index (χ2v) is 5.53. The molecule has 19 heavy (non-hydrogen) atoms. The van der Waals surface area contributed by atoms with Crippen LogP contribution in [0.2, 0.25) is 0 Å². The predicted octanol–water partition coefficient (Wildman–Crippen LogP) is 2.43. The highest BCUT2D eigenvalue weighted by Gasteiger charge is 2.09. The molecule has 4 nitrogen and oxygen atoms in total. The zero-order chi connectivity index (χ0) is 14.3. The lowest BCUT2D eigenvalue weighted by Gasteiger charge is -2.20. The Morgan fingerprint density at radius 1 is 1.21 bits per heavy atom. The van der Waals surface area contributed by atoms with Crippen molar-refractivity contribution in [2.24, 2.45) is 10.7 Å². The summed E-state index contributed by atoms with van der Waals surface area (Å²) < 4.78 is 5.35. The Bertz CT molecular complexity index is 404. The number of hydrogen-bond acceptors (Lipinski definition) is 2. The summed E-state index contributed by atoms with van der Waals surface area (Å²) in [4.78, 5) is 4.32. The zero-order valence-corrected chi connectivity index (χ0v) is 12.4. The largest absolute Gasteiger partial charge is 0.377 e. The molecule has 0 aliphatic carbocycles. The van der Waals surface area contributed by atoms with Gasteiger partial charge in [-0.3, -0.25) is 0 Å². The maximum absolute atomic E-state index is 5.82. The van der Waals surface area contributed by atoms with E-state index in [2.05, 4.69) is 55.3 Å². The molecule has 0 saturated carbocycles. The Morgan fingerprint density at radius 2 is 1.79 bits per heavy atom. The van der Waals surface area contributed by atoms with Crippen molar-refractivity contribution in [1.29, 1.82) is 0 Å². The van der Waals surface area contributed by atoms with Crippen LogP contribution in [0.15, 0.2) is 29.3 Å². The van der Waals surface area contributed by atoms with Crippen molar-refractivity contribution < 1.29 is 4.74 Å². The summed E-state index contributed by atoms with van der Waals surface area (Å²) in [5, 5.41) is 3.14. The number of rotatable bonds is 5. The van der Waals surface area contributed by atoms with Crippen molar-refractivity contribution in [3.63, 3.8) is 0 Å². The van der Waals surface area contributed by atoms with E-state index in [4.69, 9.17) is 10.5 Å². The Kier molecular flexibility index (Phi) is 5.83. The highest BCUT2D eigenvalue weighted by atomic mass is 16.5. The van der Waals surface area contributed by atoms with E-state index in [0.717, 1.165) is 12.2 Å². The molecule has 0 spiro atoms. The zero-order valence-electron chi connectivity index (χ0n) is 12.4. The van der Waals surface area contributed by atoms with Crippen LogP contribution < -0.4 is 11.1 Å². The van der Waals surface area contributed by atoms with Crippen molar-refractivity contribution in [1.82, 2.24) is 5.32 Å². The van der Waals surface area contributed by atoms with Crippen molar-refractivity contribution >= 4 is 5.96 Å². The van der Waals surface area contributed by atoms with Crippen LogP contribution in [0.5, 0.6) is 0 Å². The normalized spacial score (nSPS) is 12.5. The van der Waals surface area contributed by atoms with Crippen LogP contribution in [0, 0.1) is 0 Å². The molecule has 0 saturated heterocycles. The fourth-order valence-corrected chi connectivity index (χ4v) is 1.56. The second-order valence-electron chi connectivity index (χ2n) is 5.53. The molecular weight excluding hydrogens is 238 g/mol. The molecule has 0 atom stereocenters. The minimum absolute atomic E-state index is 0.0606. The number of ether oxygens (including phenoxy) is 1. The van der Waals surface area contributed by atoms with Gasteiger partial charge in [0.15, 0.2) is 5.96 Å². The third-order valence-electron chi connectivity index (χ3n) is 2.43. The summed E-state index contributed by atoms with van der Waals surface area (Å²) in [7, 11) is 0. The maximum atomic E-state index is 5.82. The summed E-state index contributed by atoms with van der Waals surface area (Å²) in [6.45, 7) is 10.1. The molecule has 0 aromatic heterocycles. The van der Waals surface area contributed by atoms with E-state index in [1.165, 1.54) is 5.56 Å². The van der Waals surface area contributed by atoms with Gasteiger partial charge >= 0.3 is 0 Å². The SMILES string of the molecule is CCOCc1ccc(CN=C(N)NC(C)(C)C)cc1. The average Bonchev–Trinajstić information content (AvgIpc) is 2.33. The van der Waals surface area contributed by atoms with E-state index in [0.29, 0.717) is 19.1 Å². The molecule has 0 aliphatic rings. The van der Waals surface area contributed by atoms with Crippen LogP contribution in [0.4, 0.5) is 0 Å². The van der Waals surface area contributed by atoms with E-state index in [1.54, 1.807) is 0 Å². The molecule has 0 bridgehead atoms. The highest BCUT2D eigenvalue weighted by molar-refractivity contribution is 5.78. The molecule has 0 amide bonds. The fraction of sp³-hybridized carbons (Fsp3) is 0.533. The van der Waals surface area contributed by atoms with Gasteiger partial charge in [-0.1, -0.05) is 24.3 Å². The van der Waals surface area contributed by atoms with Gasteiger partial charge in [0.2, 0.25) is 0 Å². The number of benzene rings is 1. The first-order valence-electron chi connectivity index (χ1n) is 6.64. The second kappa shape index (κ2) is 7.14. The van der Waals surface area contributed by atoms with Crippen molar-refractivity contribution in [2.75, 3.05) is 6.61 Å². The van der Waals surface area contributed by atoms with Crippen molar-refractivity contribution in [3.8, 4) is 0 Å². The fourth-order valence-electron chi connectivity index (χ4n) is 1.56. The molecule has 0 fully saturated rings. The summed E-state index contributed by atoms with van der Waals surface area (Å²) in [6.07, 6.45) is 0. The summed E-state index contributed by atoms with van der Waals surface area (Å²) in [5.41, 5.74) is 8.08. The van der Waals surface area contributed by atoms with Gasteiger partial charge in [0.25, 0.3) is 0 Å². The molecule has 1 aromatic carbocycles. The van der Waals surface area contributed by atoms with Crippen LogP contribution in [0.25, 0.3) is 0 Å². The monoisotopic (exact) mass is 263 g/mol. The first-order valence-corrected chi connectivity index (χ1v) is 6.64. The Hall–Kier alpha value is -1.55. The van der Waals surface area contributed by atoms with Gasteiger partial charge in [-0.15, -0.1) is 0 Å². The summed E-state index contributed by atoms with van der Waals surface area (Å²) >= 11 is 0. The van der Waals surface area contributed by atoms with Gasteiger partial charge in [-0.2, -0.15) is 0 Å². The summed E-state index contributed by atoms with van der Waals surface area (Å²) in [5.74, 6) is 0.478. The quantitative estimate of drug-likeness (QED) is 0.633. The van der Waals surface area contributed by atoms with E-state index < -0.39 is 0 Å². The Labute approximate surface area is 116 Å². The molecule has 0 unspecified atom stereocenters. The highest BCUT2D eigenvalue weighted by Crippen LogP contribution is 2.07. The van der Waals surface area contributed by atoms with Crippen LogP contribution in [-0.4, -0.2) is 18.1 Å². The van der Waals surface area contributed by atoms with Crippen LogP contribution in [0.1, 0.15) is 38.8 Å². The maximum Gasteiger partial charge on any atom is 0.189 e. The van der Waals surface area contributed by atoms with Gasteiger partial charge in [-0.25, -0.2) is 4.99 Å². The Balaban J connectivity index is 2.51. The lowest BCUT2D eigenvalue weighted by atomic mass is 10.1. The number of hydrogen-bond donors (Lipinski definition) is 2. The minimum Gasteiger partial charge on any atom is -0.377 e. The van der Waals surface area contributed by atoms with E-state index in [9.17, 15) is 0 Å².